The molecule has 0 aliphatic heterocycles. The van der Waals surface area contributed by atoms with Crippen LogP contribution in [0.3, 0.4) is 0 Å². The molecule has 7 heteroatoms. The fraction of sp³-hybridized carbons (Fsp3) is 0.188. The Bertz CT molecular complexity index is 930. The van der Waals surface area contributed by atoms with Crippen molar-refractivity contribution in [2.45, 2.75) is 13.5 Å². The summed E-state index contributed by atoms with van der Waals surface area (Å²) < 4.78 is 6.59. The van der Waals surface area contributed by atoms with Crippen LogP contribution in [-0.2, 0) is 6.54 Å². The highest BCUT2D eigenvalue weighted by atomic mass is 32.1. The normalized spacial score (nSPS) is 10.7. The molecule has 3 aromatic rings. The maximum Gasteiger partial charge on any atom is 0.271 e. The van der Waals surface area contributed by atoms with Crippen molar-refractivity contribution in [1.29, 1.82) is 0 Å². The van der Waals surface area contributed by atoms with Gasteiger partial charge in [-0.2, -0.15) is 0 Å². The van der Waals surface area contributed by atoms with Crippen molar-refractivity contribution in [2.75, 3.05) is 7.11 Å². The number of fused-ring (bicyclic) bond motifs is 1. The van der Waals surface area contributed by atoms with Crippen LogP contribution in [0.5, 0.6) is 5.75 Å². The molecule has 0 saturated carbocycles. The number of carbonyl (C=O) groups excluding carboxylic acids is 1. The van der Waals surface area contributed by atoms with Gasteiger partial charge in [0.2, 0.25) is 0 Å². The zero-order valence-corrected chi connectivity index (χ0v) is 13.5. The van der Waals surface area contributed by atoms with E-state index >= 15 is 0 Å². The van der Waals surface area contributed by atoms with Crippen molar-refractivity contribution in [3.63, 3.8) is 0 Å². The van der Waals surface area contributed by atoms with Gasteiger partial charge in [0.1, 0.15) is 11.3 Å². The summed E-state index contributed by atoms with van der Waals surface area (Å²) in [5.74, 6) is 0.277. The highest BCUT2D eigenvalue weighted by Crippen LogP contribution is 2.13. The molecule has 0 atom stereocenters. The third kappa shape index (κ3) is 2.95. The van der Waals surface area contributed by atoms with Crippen molar-refractivity contribution in [2.24, 2.45) is 0 Å². The lowest BCUT2D eigenvalue weighted by Crippen LogP contribution is -2.31. The number of rotatable bonds is 4. The van der Waals surface area contributed by atoms with E-state index in [-0.39, 0.29) is 11.1 Å². The van der Waals surface area contributed by atoms with Crippen molar-refractivity contribution < 1.29 is 9.53 Å². The van der Waals surface area contributed by atoms with Crippen LogP contribution in [0.1, 0.15) is 21.6 Å². The van der Waals surface area contributed by atoms with Crippen LogP contribution in [0.25, 0.3) is 4.96 Å². The average molecular weight is 329 g/mol. The van der Waals surface area contributed by atoms with E-state index in [4.69, 9.17) is 4.74 Å². The molecular weight excluding hydrogens is 314 g/mol. The highest BCUT2D eigenvalue weighted by Gasteiger charge is 2.14. The average Bonchev–Trinajstić information content (AvgIpc) is 2.95. The van der Waals surface area contributed by atoms with Crippen LogP contribution < -0.4 is 15.6 Å². The van der Waals surface area contributed by atoms with Crippen LogP contribution in [-0.4, -0.2) is 22.4 Å². The van der Waals surface area contributed by atoms with Crippen molar-refractivity contribution in [1.82, 2.24) is 14.7 Å². The minimum absolute atomic E-state index is 0.0342. The number of ether oxygens (including phenoxy) is 1. The predicted octanol–water partition coefficient (Wildman–Crippen LogP) is 2.00. The number of hydrogen-bond donors (Lipinski definition) is 1. The molecule has 1 aromatic carbocycles. The molecule has 1 N–H and O–H groups in total. The van der Waals surface area contributed by atoms with Crippen LogP contribution in [0.2, 0.25) is 0 Å². The SMILES string of the molecule is COc1cccc(CNC(=O)c2cnc3scc(C)n3c2=O)c1. The molecule has 0 bridgehead atoms. The number of carbonyl (C=O) groups is 1. The lowest BCUT2D eigenvalue weighted by Gasteiger charge is -2.07. The number of aromatic nitrogens is 2. The Balaban J connectivity index is 1.82. The lowest BCUT2D eigenvalue weighted by molar-refractivity contribution is 0.0949. The Kier molecular flexibility index (Phi) is 4.12. The third-order valence-electron chi connectivity index (χ3n) is 3.45. The van der Waals surface area contributed by atoms with Gasteiger partial charge in [-0.3, -0.25) is 14.0 Å². The molecule has 0 radical (unpaired) electrons. The lowest BCUT2D eigenvalue weighted by atomic mass is 10.2. The molecular formula is C16H15N3O3S. The Morgan fingerprint density at radius 1 is 1.43 bits per heavy atom. The van der Waals surface area contributed by atoms with E-state index in [0.717, 1.165) is 11.3 Å². The van der Waals surface area contributed by atoms with Gasteiger partial charge in [0.25, 0.3) is 11.5 Å². The molecule has 3 rings (SSSR count). The zero-order chi connectivity index (χ0) is 16.4. The number of methoxy groups -OCH3 is 1. The van der Waals surface area contributed by atoms with E-state index in [0.29, 0.717) is 17.3 Å². The molecule has 2 aromatic heterocycles. The topological polar surface area (TPSA) is 72.7 Å². The quantitative estimate of drug-likeness (QED) is 0.795. The Labute approximate surface area is 136 Å². The highest BCUT2D eigenvalue weighted by molar-refractivity contribution is 7.15. The monoisotopic (exact) mass is 329 g/mol. The second-order valence-corrected chi connectivity index (χ2v) is 5.84. The smallest absolute Gasteiger partial charge is 0.271 e. The largest absolute Gasteiger partial charge is 0.497 e. The van der Waals surface area contributed by atoms with Crippen molar-refractivity contribution >= 4 is 22.2 Å². The molecule has 0 saturated heterocycles. The molecule has 23 heavy (non-hydrogen) atoms. The van der Waals surface area contributed by atoms with Crippen LogP contribution >= 0.6 is 11.3 Å². The molecule has 0 aliphatic carbocycles. The first-order valence-electron chi connectivity index (χ1n) is 6.97. The molecule has 0 spiro atoms. The first-order valence-corrected chi connectivity index (χ1v) is 7.85. The van der Waals surface area contributed by atoms with Gasteiger partial charge in [0.15, 0.2) is 4.96 Å². The van der Waals surface area contributed by atoms with E-state index in [9.17, 15) is 9.59 Å². The number of aryl methyl sites for hydroxylation is 1. The summed E-state index contributed by atoms with van der Waals surface area (Å²) in [7, 11) is 1.59. The molecule has 0 unspecified atom stereocenters. The number of nitrogens with one attached hydrogen (secondary N) is 1. The Morgan fingerprint density at radius 2 is 2.26 bits per heavy atom. The first kappa shape index (κ1) is 15.2. The predicted molar refractivity (Wildman–Crippen MR) is 88.2 cm³/mol. The van der Waals surface area contributed by atoms with Gasteiger partial charge in [0.05, 0.1) is 7.11 Å². The van der Waals surface area contributed by atoms with Crippen molar-refractivity contribution in [3.8, 4) is 5.75 Å². The Morgan fingerprint density at radius 3 is 3.04 bits per heavy atom. The first-order chi connectivity index (χ1) is 11.1. The van der Waals surface area contributed by atoms with Crippen LogP contribution in [0, 0.1) is 6.92 Å². The molecule has 118 valence electrons. The van der Waals surface area contributed by atoms with E-state index < -0.39 is 5.91 Å². The maximum atomic E-state index is 12.4. The molecule has 1 amide bonds. The summed E-state index contributed by atoms with van der Waals surface area (Å²) in [5.41, 5.74) is 1.34. The van der Waals surface area contributed by atoms with Gasteiger partial charge in [-0.25, -0.2) is 4.98 Å². The number of hydrogen-bond acceptors (Lipinski definition) is 5. The minimum atomic E-state index is -0.440. The fourth-order valence-corrected chi connectivity index (χ4v) is 3.07. The third-order valence-corrected chi connectivity index (χ3v) is 4.41. The van der Waals surface area contributed by atoms with Gasteiger partial charge in [-0.1, -0.05) is 12.1 Å². The summed E-state index contributed by atoms with van der Waals surface area (Å²) in [6.07, 6.45) is 1.33. The number of nitrogens with zero attached hydrogens (tertiary/aromatic N) is 2. The molecule has 0 aliphatic rings. The van der Waals surface area contributed by atoms with Gasteiger partial charge in [0, 0.05) is 23.8 Å². The molecule has 6 nitrogen and oxygen atoms in total. The zero-order valence-electron chi connectivity index (χ0n) is 12.7. The van der Waals surface area contributed by atoms with E-state index in [1.165, 1.54) is 21.9 Å². The van der Waals surface area contributed by atoms with Crippen LogP contribution in [0.4, 0.5) is 0 Å². The second kappa shape index (κ2) is 6.21. The number of amides is 1. The van der Waals surface area contributed by atoms with E-state index in [1.54, 1.807) is 7.11 Å². The summed E-state index contributed by atoms with van der Waals surface area (Å²) in [6, 6.07) is 7.38. The second-order valence-electron chi connectivity index (χ2n) is 5.01. The maximum absolute atomic E-state index is 12.4. The molecule has 0 fully saturated rings. The summed E-state index contributed by atoms with van der Waals surface area (Å²) in [6.45, 7) is 2.12. The minimum Gasteiger partial charge on any atom is -0.497 e. The number of thiazole rings is 1. The van der Waals surface area contributed by atoms with Gasteiger partial charge in [-0.05, 0) is 24.6 Å². The molecule has 2 heterocycles. The number of benzene rings is 1. The standard InChI is InChI=1S/C16H15N3O3S/c1-10-9-23-16-18-8-13(15(21)19(10)16)14(20)17-7-11-4-3-5-12(6-11)22-2/h3-6,8-9H,7H2,1-2H3,(H,17,20). The Hall–Kier alpha value is -2.67. The van der Waals surface area contributed by atoms with Gasteiger partial charge in [-0.15, -0.1) is 11.3 Å². The van der Waals surface area contributed by atoms with Crippen LogP contribution in [0.15, 0.2) is 40.6 Å². The summed E-state index contributed by atoms with van der Waals surface area (Å²) in [4.78, 5) is 29.4. The van der Waals surface area contributed by atoms with E-state index in [1.807, 2.05) is 36.6 Å². The van der Waals surface area contributed by atoms with Gasteiger partial charge >= 0.3 is 0 Å². The van der Waals surface area contributed by atoms with Crippen molar-refractivity contribution in [3.05, 3.63) is 63.0 Å². The van der Waals surface area contributed by atoms with E-state index in [2.05, 4.69) is 10.3 Å². The summed E-state index contributed by atoms with van der Waals surface area (Å²) in [5, 5.41) is 4.57. The van der Waals surface area contributed by atoms with Gasteiger partial charge < -0.3 is 10.1 Å². The summed E-state index contributed by atoms with van der Waals surface area (Å²) >= 11 is 1.37. The fourth-order valence-electron chi connectivity index (χ4n) is 2.24.